The lowest BCUT2D eigenvalue weighted by Crippen LogP contribution is -2.09. The van der Waals surface area contributed by atoms with Gasteiger partial charge in [0, 0.05) is 22.2 Å². The van der Waals surface area contributed by atoms with Crippen molar-refractivity contribution < 1.29 is 13.2 Å². The van der Waals surface area contributed by atoms with Crippen LogP contribution in [0.4, 0.5) is 5.69 Å². The molecule has 0 aliphatic heterocycles. The summed E-state index contributed by atoms with van der Waals surface area (Å²) in [6.45, 7) is 2.58. The highest BCUT2D eigenvalue weighted by molar-refractivity contribution is 7.92. The molecule has 0 spiro atoms. The maximum atomic E-state index is 11.3. The van der Waals surface area contributed by atoms with Crippen LogP contribution in [0.5, 0.6) is 5.75 Å². The Hall–Kier alpha value is -2.38. The van der Waals surface area contributed by atoms with Gasteiger partial charge in [0.1, 0.15) is 10.8 Å². The Morgan fingerprint density at radius 2 is 1.88 bits per heavy atom. The molecule has 0 radical (unpaired) electrons. The Morgan fingerprint density at radius 3 is 2.56 bits per heavy atom. The number of nitrogens with zero attached hydrogens (tertiary/aromatic N) is 1. The topological polar surface area (TPSA) is 68.3 Å². The van der Waals surface area contributed by atoms with Gasteiger partial charge in [0.15, 0.2) is 0 Å². The summed E-state index contributed by atoms with van der Waals surface area (Å²) >= 11 is 1.56. The number of hydrogen-bond acceptors (Lipinski definition) is 5. The number of ether oxygens (including phenoxy) is 1. The molecular formula is C18H18N2O3S2. The zero-order chi connectivity index (χ0) is 17.9. The molecule has 3 aromatic rings. The van der Waals surface area contributed by atoms with E-state index in [0.29, 0.717) is 12.3 Å². The molecule has 130 valence electrons. The minimum absolute atomic E-state index is 0.533. The van der Waals surface area contributed by atoms with E-state index >= 15 is 0 Å². The first kappa shape index (κ1) is 17.4. The Bertz CT molecular complexity index is 964. The average molecular weight is 374 g/mol. The van der Waals surface area contributed by atoms with Gasteiger partial charge in [0.25, 0.3) is 0 Å². The van der Waals surface area contributed by atoms with Crippen LogP contribution in [0.15, 0.2) is 53.9 Å². The number of aromatic nitrogens is 1. The van der Waals surface area contributed by atoms with Gasteiger partial charge in [-0.25, -0.2) is 13.4 Å². The fourth-order valence-electron chi connectivity index (χ4n) is 2.35. The zero-order valence-corrected chi connectivity index (χ0v) is 15.5. The van der Waals surface area contributed by atoms with Crippen LogP contribution in [0.2, 0.25) is 0 Å². The van der Waals surface area contributed by atoms with Gasteiger partial charge in [0.2, 0.25) is 10.0 Å². The molecular weight excluding hydrogens is 356 g/mol. The van der Waals surface area contributed by atoms with E-state index in [1.165, 1.54) is 0 Å². The summed E-state index contributed by atoms with van der Waals surface area (Å²) in [5, 5.41) is 2.90. The predicted molar refractivity (Wildman–Crippen MR) is 103 cm³/mol. The summed E-state index contributed by atoms with van der Waals surface area (Å²) in [4.78, 5) is 4.68. The number of hydrogen-bond donors (Lipinski definition) is 1. The Labute approximate surface area is 151 Å². The molecule has 0 aliphatic carbocycles. The second kappa shape index (κ2) is 7.25. The second-order valence-corrected chi connectivity index (χ2v) is 8.06. The SMILES string of the molecule is CCOc1cccc(-c2nc(-c3ccc(NS(C)(=O)=O)cc3)cs2)c1. The molecule has 1 N–H and O–H groups in total. The molecule has 0 fully saturated rings. The third-order valence-electron chi connectivity index (χ3n) is 3.38. The number of benzene rings is 2. The van der Waals surface area contributed by atoms with Crippen LogP contribution < -0.4 is 9.46 Å². The quantitative estimate of drug-likeness (QED) is 0.700. The highest BCUT2D eigenvalue weighted by Crippen LogP contribution is 2.31. The van der Waals surface area contributed by atoms with E-state index in [0.717, 1.165) is 33.8 Å². The molecule has 0 atom stereocenters. The second-order valence-electron chi connectivity index (χ2n) is 5.45. The molecule has 0 amide bonds. The molecule has 0 aliphatic rings. The van der Waals surface area contributed by atoms with Gasteiger partial charge in [-0.3, -0.25) is 4.72 Å². The number of anilines is 1. The van der Waals surface area contributed by atoms with Gasteiger partial charge in [0.05, 0.1) is 18.6 Å². The molecule has 0 unspecified atom stereocenters. The van der Waals surface area contributed by atoms with E-state index in [4.69, 9.17) is 4.74 Å². The van der Waals surface area contributed by atoms with E-state index in [-0.39, 0.29) is 0 Å². The largest absolute Gasteiger partial charge is 0.494 e. The van der Waals surface area contributed by atoms with Crippen LogP contribution in [-0.2, 0) is 10.0 Å². The van der Waals surface area contributed by atoms with Crippen molar-refractivity contribution in [1.29, 1.82) is 0 Å². The summed E-state index contributed by atoms with van der Waals surface area (Å²) in [5.74, 6) is 0.827. The summed E-state index contributed by atoms with van der Waals surface area (Å²) in [5.41, 5.74) is 3.33. The standard InChI is InChI=1S/C18H18N2O3S2/c1-3-23-16-6-4-5-14(11-16)18-19-17(12-24-18)13-7-9-15(10-8-13)20-25(2,21)22/h4-12,20H,3H2,1-2H3. The van der Waals surface area contributed by atoms with Gasteiger partial charge in [-0.2, -0.15) is 0 Å². The summed E-state index contributed by atoms with van der Waals surface area (Å²) in [6, 6.07) is 15.0. The minimum atomic E-state index is -3.27. The van der Waals surface area contributed by atoms with Gasteiger partial charge in [-0.15, -0.1) is 11.3 Å². The summed E-state index contributed by atoms with van der Waals surface area (Å²) in [7, 11) is -3.27. The first-order valence-corrected chi connectivity index (χ1v) is 10.5. The third kappa shape index (κ3) is 4.58. The van der Waals surface area contributed by atoms with Crippen molar-refractivity contribution in [2.24, 2.45) is 0 Å². The van der Waals surface area contributed by atoms with Gasteiger partial charge in [-0.05, 0) is 31.2 Å². The number of nitrogens with one attached hydrogen (secondary N) is 1. The highest BCUT2D eigenvalue weighted by Gasteiger charge is 2.08. The monoisotopic (exact) mass is 374 g/mol. The Morgan fingerprint density at radius 1 is 1.12 bits per heavy atom. The van der Waals surface area contributed by atoms with Crippen LogP contribution in [0.3, 0.4) is 0 Å². The van der Waals surface area contributed by atoms with Crippen molar-refractivity contribution in [2.45, 2.75) is 6.92 Å². The van der Waals surface area contributed by atoms with Crippen molar-refractivity contribution in [3.8, 4) is 27.6 Å². The van der Waals surface area contributed by atoms with Gasteiger partial charge >= 0.3 is 0 Å². The Kier molecular flexibility index (Phi) is 5.06. The van der Waals surface area contributed by atoms with Gasteiger partial charge in [-0.1, -0.05) is 24.3 Å². The number of thiazole rings is 1. The van der Waals surface area contributed by atoms with Gasteiger partial charge < -0.3 is 4.74 Å². The first-order valence-electron chi connectivity index (χ1n) is 7.71. The molecule has 25 heavy (non-hydrogen) atoms. The number of sulfonamides is 1. The first-order chi connectivity index (χ1) is 11.9. The molecule has 3 rings (SSSR count). The molecule has 7 heteroatoms. The number of rotatable bonds is 6. The van der Waals surface area contributed by atoms with Crippen molar-refractivity contribution in [1.82, 2.24) is 4.98 Å². The fourth-order valence-corrected chi connectivity index (χ4v) is 3.74. The lowest BCUT2D eigenvalue weighted by molar-refractivity contribution is 0.340. The molecule has 2 aromatic carbocycles. The van der Waals surface area contributed by atoms with Crippen LogP contribution >= 0.6 is 11.3 Å². The van der Waals surface area contributed by atoms with E-state index in [1.807, 2.05) is 48.7 Å². The minimum Gasteiger partial charge on any atom is -0.494 e. The van der Waals surface area contributed by atoms with E-state index in [9.17, 15) is 8.42 Å². The van der Waals surface area contributed by atoms with Crippen molar-refractivity contribution in [2.75, 3.05) is 17.6 Å². The van der Waals surface area contributed by atoms with Crippen molar-refractivity contribution in [3.05, 3.63) is 53.9 Å². The molecule has 5 nitrogen and oxygen atoms in total. The lowest BCUT2D eigenvalue weighted by atomic mass is 10.1. The average Bonchev–Trinajstić information content (AvgIpc) is 3.05. The van der Waals surface area contributed by atoms with E-state index in [2.05, 4.69) is 9.71 Å². The maximum Gasteiger partial charge on any atom is 0.229 e. The maximum absolute atomic E-state index is 11.3. The summed E-state index contributed by atoms with van der Waals surface area (Å²) < 4.78 is 30.5. The Balaban J connectivity index is 1.83. The molecule has 0 saturated heterocycles. The molecule has 1 heterocycles. The lowest BCUT2D eigenvalue weighted by Gasteiger charge is -2.05. The van der Waals surface area contributed by atoms with Crippen molar-refractivity contribution >= 4 is 27.0 Å². The summed E-state index contributed by atoms with van der Waals surface area (Å²) in [6.07, 6.45) is 1.13. The van der Waals surface area contributed by atoms with E-state index in [1.54, 1.807) is 23.5 Å². The zero-order valence-electron chi connectivity index (χ0n) is 13.9. The van der Waals surface area contributed by atoms with E-state index < -0.39 is 10.0 Å². The molecule has 1 aromatic heterocycles. The predicted octanol–water partition coefficient (Wildman–Crippen LogP) is 4.25. The van der Waals surface area contributed by atoms with Crippen LogP contribution in [0.25, 0.3) is 21.8 Å². The normalized spacial score (nSPS) is 11.3. The smallest absolute Gasteiger partial charge is 0.229 e. The van der Waals surface area contributed by atoms with Crippen molar-refractivity contribution in [3.63, 3.8) is 0 Å². The fraction of sp³-hybridized carbons (Fsp3) is 0.167. The molecule has 0 saturated carbocycles. The van der Waals surface area contributed by atoms with Crippen LogP contribution in [0.1, 0.15) is 6.92 Å². The van der Waals surface area contributed by atoms with Crippen LogP contribution in [-0.4, -0.2) is 26.3 Å². The third-order valence-corrected chi connectivity index (χ3v) is 4.88. The highest BCUT2D eigenvalue weighted by atomic mass is 32.2. The van der Waals surface area contributed by atoms with Crippen LogP contribution in [0, 0.1) is 0 Å². The molecule has 0 bridgehead atoms.